The highest BCUT2D eigenvalue weighted by Crippen LogP contribution is 2.33. The first kappa shape index (κ1) is 11.2. The second kappa shape index (κ2) is 5.14. The highest BCUT2D eigenvalue weighted by molar-refractivity contribution is 7.80. The molecule has 0 heterocycles. The summed E-state index contributed by atoms with van der Waals surface area (Å²) in [7, 11) is 0. The number of hydrogen-bond acceptors (Lipinski definition) is 1. The minimum atomic E-state index is 0.374. The second-order valence-electron chi connectivity index (χ2n) is 3.05. The van der Waals surface area contributed by atoms with E-state index in [2.05, 4.69) is 19.6 Å². The van der Waals surface area contributed by atoms with Gasteiger partial charge in [-0.3, -0.25) is 0 Å². The summed E-state index contributed by atoms with van der Waals surface area (Å²) >= 11 is 16.3. The summed E-state index contributed by atoms with van der Waals surface area (Å²) < 4.78 is 0. The van der Waals surface area contributed by atoms with E-state index < -0.39 is 0 Å². The van der Waals surface area contributed by atoms with Crippen molar-refractivity contribution in [1.29, 1.82) is 0 Å². The minimum absolute atomic E-state index is 0.374. The molecule has 0 nitrogen and oxygen atoms in total. The third kappa shape index (κ3) is 2.80. The topological polar surface area (TPSA) is 0 Å². The minimum Gasteiger partial charge on any atom is -0.179 e. The van der Waals surface area contributed by atoms with Crippen LogP contribution in [0.15, 0.2) is 18.2 Å². The molecule has 0 radical (unpaired) electrons. The molecule has 0 N–H and O–H groups in total. The average Bonchev–Trinajstić information content (AvgIpc) is 2.04. The molecule has 72 valence electrons. The molecule has 0 aliphatic rings. The lowest BCUT2D eigenvalue weighted by Crippen LogP contribution is -1.96. The van der Waals surface area contributed by atoms with Crippen LogP contribution in [0.3, 0.4) is 0 Å². The fraction of sp³-hybridized carbons (Fsp3) is 0.400. The quantitative estimate of drug-likeness (QED) is 0.737. The van der Waals surface area contributed by atoms with E-state index in [9.17, 15) is 0 Å². The predicted molar refractivity (Wildman–Crippen MR) is 63.3 cm³/mol. The summed E-state index contributed by atoms with van der Waals surface area (Å²) in [6.45, 7) is 2.11. The van der Waals surface area contributed by atoms with Crippen molar-refractivity contribution in [3.63, 3.8) is 0 Å². The van der Waals surface area contributed by atoms with Gasteiger partial charge in [-0.1, -0.05) is 36.2 Å². The summed E-state index contributed by atoms with van der Waals surface area (Å²) in [6, 6.07) is 5.61. The van der Waals surface area contributed by atoms with Crippen LogP contribution in [0, 0.1) is 0 Å². The Bertz CT molecular complexity index is 266. The number of halogens is 2. The molecule has 13 heavy (non-hydrogen) atoms. The van der Waals surface area contributed by atoms with Crippen LogP contribution < -0.4 is 0 Å². The van der Waals surface area contributed by atoms with E-state index in [0.29, 0.717) is 5.92 Å². The maximum atomic E-state index is 6.05. The molecule has 0 aliphatic heterocycles. The van der Waals surface area contributed by atoms with Crippen molar-refractivity contribution in [3.05, 3.63) is 33.8 Å². The molecule has 1 aromatic carbocycles. The largest absolute Gasteiger partial charge is 0.179 e. The lowest BCUT2D eigenvalue weighted by atomic mass is 9.98. The zero-order valence-corrected chi connectivity index (χ0v) is 9.83. The maximum absolute atomic E-state index is 6.05. The fourth-order valence-corrected chi connectivity index (χ4v) is 2.48. The number of benzene rings is 1. The van der Waals surface area contributed by atoms with Gasteiger partial charge in [-0.05, 0) is 35.8 Å². The van der Waals surface area contributed by atoms with Crippen LogP contribution in [0.5, 0.6) is 0 Å². The molecule has 0 amide bonds. The van der Waals surface area contributed by atoms with Gasteiger partial charge in [0.25, 0.3) is 0 Å². The molecular formula is C10H12Cl2S. The van der Waals surface area contributed by atoms with Crippen molar-refractivity contribution in [1.82, 2.24) is 0 Å². The lowest BCUT2D eigenvalue weighted by Gasteiger charge is -2.13. The van der Waals surface area contributed by atoms with Crippen LogP contribution in [0.1, 0.15) is 24.8 Å². The average molecular weight is 235 g/mol. The van der Waals surface area contributed by atoms with E-state index in [0.717, 1.165) is 27.8 Å². The Morgan fingerprint density at radius 1 is 1.31 bits per heavy atom. The normalized spacial score (nSPS) is 12.9. The maximum Gasteiger partial charge on any atom is 0.0455 e. The summed E-state index contributed by atoms with van der Waals surface area (Å²) in [5, 5.41) is 1.50. The Balaban J connectivity index is 2.98. The second-order valence-corrected chi connectivity index (χ2v) is 4.31. The van der Waals surface area contributed by atoms with Gasteiger partial charge in [-0.25, -0.2) is 0 Å². The van der Waals surface area contributed by atoms with Crippen LogP contribution >= 0.6 is 35.8 Å². The first-order valence-electron chi connectivity index (χ1n) is 4.21. The zero-order valence-electron chi connectivity index (χ0n) is 7.43. The third-order valence-corrected chi connectivity index (χ3v) is 2.97. The van der Waals surface area contributed by atoms with Crippen LogP contribution in [0.25, 0.3) is 0 Å². The molecule has 0 aromatic heterocycles. The van der Waals surface area contributed by atoms with Gasteiger partial charge < -0.3 is 0 Å². The van der Waals surface area contributed by atoms with Gasteiger partial charge in [-0.2, -0.15) is 12.6 Å². The molecule has 1 unspecified atom stereocenters. The van der Waals surface area contributed by atoms with Crippen molar-refractivity contribution >= 4 is 35.8 Å². The van der Waals surface area contributed by atoms with Gasteiger partial charge in [0.2, 0.25) is 0 Å². The Kier molecular flexibility index (Phi) is 4.43. The highest BCUT2D eigenvalue weighted by atomic mass is 35.5. The fourth-order valence-electron chi connectivity index (χ4n) is 1.32. The molecular weight excluding hydrogens is 223 g/mol. The molecule has 0 fully saturated rings. The van der Waals surface area contributed by atoms with Crippen molar-refractivity contribution < 1.29 is 0 Å². The molecule has 0 saturated carbocycles. The smallest absolute Gasteiger partial charge is 0.0455 e. The monoisotopic (exact) mass is 234 g/mol. The van der Waals surface area contributed by atoms with Crippen molar-refractivity contribution in [3.8, 4) is 0 Å². The van der Waals surface area contributed by atoms with E-state index >= 15 is 0 Å². The van der Waals surface area contributed by atoms with Crippen LogP contribution in [0.4, 0.5) is 0 Å². The molecule has 1 aromatic rings. The molecule has 0 spiro atoms. The third-order valence-electron chi connectivity index (χ3n) is 2.05. The van der Waals surface area contributed by atoms with Gasteiger partial charge in [0, 0.05) is 10.0 Å². The summed E-state index contributed by atoms with van der Waals surface area (Å²) in [5.41, 5.74) is 1.04. The SMILES string of the molecule is CC(CCS)c1c(Cl)cccc1Cl. The summed E-state index contributed by atoms with van der Waals surface area (Å²) in [4.78, 5) is 0. The van der Waals surface area contributed by atoms with E-state index in [1.165, 1.54) is 0 Å². The van der Waals surface area contributed by atoms with Crippen molar-refractivity contribution in [2.45, 2.75) is 19.3 Å². The van der Waals surface area contributed by atoms with Crippen LogP contribution in [-0.2, 0) is 0 Å². The Morgan fingerprint density at radius 3 is 2.31 bits per heavy atom. The zero-order chi connectivity index (χ0) is 9.84. The molecule has 1 rings (SSSR count). The Morgan fingerprint density at radius 2 is 1.85 bits per heavy atom. The first-order valence-corrected chi connectivity index (χ1v) is 5.60. The Labute approximate surface area is 94.7 Å². The van der Waals surface area contributed by atoms with Crippen LogP contribution in [-0.4, -0.2) is 5.75 Å². The van der Waals surface area contributed by atoms with Gasteiger partial charge in [0.05, 0.1) is 0 Å². The van der Waals surface area contributed by atoms with Crippen molar-refractivity contribution in [2.75, 3.05) is 5.75 Å². The molecule has 0 saturated heterocycles. The Hall–Kier alpha value is 0.150. The number of hydrogen-bond donors (Lipinski definition) is 1. The van der Waals surface area contributed by atoms with Gasteiger partial charge in [0.15, 0.2) is 0 Å². The van der Waals surface area contributed by atoms with E-state index in [1.807, 2.05) is 18.2 Å². The van der Waals surface area contributed by atoms with Crippen molar-refractivity contribution in [2.24, 2.45) is 0 Å². The highest BCUT2D eigenvalue weighted by Gasteiger charge is 2.12. The van der Waals surface area contributed by atoms with E-state index in [-0.39, 0.29) is 0 Å². The van der Waals surface area contributed by atoms with E-state index in [4.69, 9.17) is 23.2 Å². The standard InChI is InChI=1S/C10H12Cl2S/c1-7(5-6-13)10-8(11)3-2-4-9(10)12/h2-4,7,13H,5-6H2,1H3. The van der Waals surface area contributed by atoms with Crippen LogP contribution in [0.2, 0.25) is 10.0 Å². The lowest BCUT2D eigenvalue weighted by molar-refractivity contribution is 0.743. The predicted octanol–water partition coefficient (Wildman–Crippen LogP) is 4.42. The first-order chi connectivity index (χ1) is 6.16. The van der Waals surface area contributed by atoms with Gasteiger partial charge >= 0.3 is 0 Å². The van der Waals surface area contributed by atoms with E-state index in [1.54, 1.807) is 0 Å². The summed E-state index contributed by atoms with van der Waals surface area (Å²) in [6.07, 6.45) is 0.993. The van der Waals surface area contributed by atoms with Gasteiger partial charge in [0.1, 0.15) is 0 Å². The molecule has 3 heteroatoms. The van der Waals surface area contributed by atoms with Gasteiger partial charge in [-0.15, -0.1) is 0 Å². The molecule has 0 aliphatic carbocycles. The molecule has 1 atom stereocenters. The number of rotatable bonds is 3. The molecule has 0 bridgehead atoms. The summed E-state index contributed by atoms with van der Waals surface area (Å²) in [5.74, 6) is 1.22. The number of thiol groups is 1.